The molecular formula is C48H46N2O4. The molecule has 0 bridgehead atoms. The van der Waals surface area contributed by atoms with Gasteiger partial charge >= 0.3 is 0 Å². The van der Waals surface area contributed by atoms with Crippen molar-refractivity contribution in [2.24, 2.45) is 0 Å². The van der Waals surface area contributed by atoms with Gasteiger partial charge in [-0.15, -0.1) is 0 Å². The van der Waals surface area contributed by atoms with Gasteiger partial charge in [-0.3, -0.25) is 20.0 Å². The van der Waals surface area contributed by atoms with Crippen LogP contribution in [-0.4, -0.2) is 44.4 Å². The minimum atomic E-state index is -0.915. The van der Waals surface area contributed by atoms with Crippen molar-refractivity contribution in [3.63, 3.8) is 0 Å². The summed E-state index contributed by atoms with van der Waals surface area (Å²) in [6.45, 7) is 0. The maximum atomic E-state index is 14.6. The summed E-state index contributed by atoms with van der Waals surface area (Å²) in [6.07, 6.45) is 2.24. The Hall–Kier alpha value is -5.82. The molecule has 7 rings (SSSR count). The minimum Gasteiger partial charge on any atom is -0.286 e. The Bertz CT molecular complexity index is 1750. The van der Waals surface area contributed by atoms with Gasteiger partial charge < -0.3 is 0 Å². The average Bonchev–Trinajstić information content (AvgIpc) is 3.26. The van der Waals surface area contributed by atoms with Crippen LogP contribution < -0.4 is 0 Å². The van der Waals surface area contributed by atoms with Crippen LogP contribution in [0, 0.1) is 0 Å². The van der Waals surface area contributed by atoms with E-state index >= 15 is 0 Å². The van der Waals surface area contributed by atoms with Crippen molar-refractivity contribution in [2.75, 3.05) is 0 Å². The van der Waals surface area contributed by atoms with Crippen LogP contribution in [0.25, 0.3) is 0 Å². The summed E-state index contributed by atoms with van der Waals surface area (Å²) >= 11 is 0. The highest BCUT2D eigenvalue weighted by molar-refractivity contribution is 5.81. The maximum absolute atomic E-state index is 14.6. The van der Waals surface area contributed by atoms with E-state index in [0.717, 1.165) is 56.3 Å². The molecule has 1 aliphatic rings. The number of hydroxylamine groups is 4. The molecule has 2 amide bonds. The Morgan fingerprint density at radius 1 is 0.407 bits per heavy atom. The lowest BCUT2D eigenvalue weighted by Gasteiger charge is -2.43. The molecule has 1 saturated carbocycles. The third kappa shape index (κ3) is 7.11. The summed E-state index contributed by atoms with van der Waals surface area (Å²) in [7, 11) is 0. The molecule has 1 aliphatic carbocycles. The molecule has 0 radical (unpaired) electrons. The molecule has 6 aromatic rings. The van der Waals surface area contributed by atoms with Crippen LogP contribution in [0.15, 0.2) is 182 Å². The lowest BCUT2D eigenvalue weighted by molar-refractivity contribution is -0.214. The molecule has 0 saturated heterocycles. The zero-order valence-electron chi connectivity index (χ0n) is 30.3. The molecule has 0 unspecified atom stereocenters. The summed E-state index contributed by atoms with van der Waals surface area (Å²) in [5.41, 5.74) is 3.68. The smallest absolute Gasteiger partial charge is 0.247 e. The first-order chi connectivity index (χ1) is 26.4. The Morgan fingerprint density at radius 3 is 0.815 bits per heavy atom. The van der Waals surface area contributed by atoms with Gasteiger partial charge in [-0.2, -0.15) is 0 Å². The van der Waals surface area contributed by atoms with E-state index in [4.69, 9.17) is 0 Å². The van der Waals surface area contributed by atoms with Crippen LogP contribution in [0.1, 0.15) is 71.9 Å². The molecule has 0 aromatic heterocycles. The zero-order valence-corrected chi connectivity index (χ0v) is 30.3. The molecule has 2 atom stereocenters. The molecule has 0 spiro atoms. The fourth-order valence-corrected chi connectivity index (χ4v) is 8.60. The van der Waals surface area contributed by atoms with Crippen LogP contribution in [0.3, 0.4) is 0 Å². The van der Waals surface area contributed by atoms with E-state index in [-0.39, 0.29) is 12.8 Å². The molecule has 54 heavy (non-hydrogen) atoms. The second-order valence-corrected chi connectivity index (χ2v) is 14.3. The van der Waals surface area contributed by atoms with E-state index in [0.29, 0.717) is 12.8 Å². The van der Waals surface area contributed by atoms with Gasteiger partial charge in [0.1, 0.15) is 0 Å². The number of hydrogen-bond acceptors (Lipinski definition) is 4. The highest BCUT2D eigenvalue weighted by atomic mass is 16.5. The molecule has 0 aliphatic heterocycles. The molecule has 6 heteroatoms. The van der Waals surface area contributed by atoms with Crippen LogP contribution in [0.2, 0.25) is 0 Å². The van der Waals surface area contributed by atoms with Crippen molar-refractivity contribution < 1.29 is 20.0 Å². The van der Waals surface area contributed by atoms with Gasteiger partial charge in [0.05, 0.1) is 22.9 Å². The normalized spacial score (nSPS) is 16.0. The number of hydrogen-bond donors (Lipinski definition) is 2. The van der Waals surface area contributed by atoms with E-state index in [9.17, 15) is 20.0 Å². The molecule has 2 N–H and O–H groups in total. The van der Waals surface area contributed by atoms with Crippen LogP contribution in [-0.2, 0) is 20.4 Å². The first-order valence-corrected chi connectivity index (χ1v) is 18.8. The van der Waals surface area contributed by atoms with Gasteiger partial charge in [0.15, 0.2) is 0 Å². The van der Waals surface area contributed by atoms with Gasteiger partial charge in [0.25, 0.3) is 0 Å². The lowest BCUT2D eigenvalue weighted by atomic mass is 9.67. The van der Waals surface area contributed by atoms with Gasteiger partial charge in [-0.1, -0.05) is 195 Å². The van der Waals surface area contributed by atoms with Crippen LogP contribution in [0.4, 0.5) is 0 Å². The standard InChI is InChI=1S/C48H46N2O4/c51-45(35-47(37-21-7-1-8-22-37,38-23-9-2-10-24-38)39-25-11-3-12-26-39)49(53)43-33-19-20-34-44(43)50(54)46(52)36-48(40-27-13-4-14-28-40,41-29-15-5-16-30-41)42-31-17-6-18-32-42/h1-18,21-32,43-44,53-54H,19-20,33-36H2/t43-,44+. The fourth-order valence-electron chi connectivity index (χ4n) is 8.60. The van der Waals surface area contributed by atoms with Crippen molar-refractivity contribution in [2.45, 2.75) is 61.4 Å². The fraction of sp³-hybridized carbons (Fsp3) is 0.208. The van der Waals surface area contributed by atoms with E-state index in [1.165, 1.54) is 0 Å². The van der Waals surface area contributed by atoms with E-state index in [2.05, 4.69) is 0 Å². The summed E-state index contributed by atoms with van der Waals surface area (Å²) in [4.78, 5) is 29.2. The van der Waals surface area contributed by atoms with Gasteiger partial charge in [-0.05, 0) is 46.2 Å². The second-order valence-electron chi connectivity index (χ2n) is 14.3. The number of amides is 2. The number of carbonyl (C=O) groups is 2. The number of benzene rings is 6. The third-order valence-corrected chi connectivity index (χ3v) is 11.3. The first-order valence-electron chi connectivity index (χ1n) is 18.8. The maximum Gasteiger partial charge on any atom is 0.247 e. The summed E-state index contributed by atoms with van der Waals surface area (Å²) in [5.74, 6) is -0.979. The number of nitrogens with zero attached hydrogens (tertiary/aromatic N) is 2. The molecular weight excluding hydrogens is 669 g/mol. The van der Waals surface area contributed by atoms with E-state index in [1.54, 1.807) is 0 Å². The van der Waals surface area contributed by atoms with Gasteiger partial charge in [0.2, 0.25) is 11.8 Å². The molecule has 272 valence electrons. The second kappa shape index (κ2) is 16.5. The van der Waals surface area contributed by atoms with Gasteiger partial charge in [0, 0.05) is 12.8 Å². The topological polar surface area (TPSA) is 81.1 Å². The monoisotopic (exact) mass is 714 g/mol. The Balaban J connectivity index is 1.23. The predicted molar refractivity (Wildman–Crippen MR) is 211 cm³/mol. The van der Waals surface area contributed by atoms with Gasteiger partial charge in [-0.25, -0.2) is 10.1 Å². The predicted octanol–water partition coefficient (Wildman–Crippen LogP) is 9.58. The zero-order chi connectivity index (χ0) is 37.4. The van der Waals surface area contributed by atoms with Crippen molar-refractivity contribution in [3.05, 3.63) is 215 Å². The number of rotatable bonds is 12. The van der Waals surface area contributed by atoms with E-state index < -0.39 is 34.7 Å². The van der Waals surface area contributed by atoms with Crippen LogP contribution in [0.5, 0.6) is 0 Å². The Labute approximate surface area is 317 Å². The average molecular weight is 715 g/mol. The summed E-state index contributed by atoms with van der Waals surface area (Å²) in [5, 5.41) is 25.5. The van der Waals surface area contributed by atoms with Crippen molar-refractivity contribution in [3.8, 4) is 0 Å². The van der Waals surface area contributed by atoms with Crippen molar-refractivity contribution >= 4 is 11.8 Å². The SMILES string of the molecule is O=C(CC(c1ccccc1)(c1ccccc1)c1ccccc1)N(O)[C@@H]1CCCC[C@@H]1N(O)C(=O)CC(c1ccccc1)(c1ccccc1)c1ccccc1. The Kier molecular flexibility index (Phi) is 11.1. The summed E-state index contributed by atoms with van der Waals surface area (Å²) in [6, 6.07) is 57.9. The molecule has 1 fully saturated rings. The highest BCUT2D eigenvalue weighted by Crippen LogP contribution is 2.45. The minimum absolute atomic E-state index is 0.0662. The van der Waals surface area contributed by atoms with Crippen molar-refractivity contribution in [1.82, 2.24) is 10.1 Å². The lowest BCUT2D eigenvalue weighted by Crippen LogP contribution is -2.56. The first kappa shape index (κ1) is 36.5. The van der Waals surface area contributed by atoms with Crippen molar-refractivity contribution in [1.29, 1.82) is 0 Å². The van der Waals surface area contributed by atoms with Crippen LogP contribution >= 0.6 is 0 Å². The largest absolute Gasteiger partial charge is 0.286 e. The molecule has 6 nitrogen and oxygen atoms in total. The Morgan fingerprint density at radius 2 is 0.611 bits per heavy atom. The van der Waals surface area contributed by atoms with E-state index in [1.807, 2.05) is 182 Å². The number of carbonyl (C=O) groups excluding carboxylic acids is 2. The quantitative estimate of drug-likeness (QED) is 0.0752. The third-order valence-electron chi connectivity index (χ3n) is 11.3. The molecule has 6 aromatic carbocycles. The molecule has 0 heterocycles. The highest BCUT2D eigenvalue weighted by Gasteiger charge is 2.45. The summed E-state index contributed by atoms with van der Waals surface area (Å²) < 4.78 is 0.